The van der Waals surface area contributed by atoms with Gasteiger partial charge in [-0.05, 0) is 0 Å². The van der Waals surface area contributed by atoms with Crippen LogP contribution in [0.25, 0.3) is 0 Å². The predicted molar refractivity (Wildman–Crippen MR) is 53.4 cm³/mol. The molecule has 0 aromatic carbocycles. The molecule has 0 aromatic heterocycles. The molecule has 2 aliphatic heterocycles. The van der Waals surface area contributed by atoms with Crippen molar-refractivity contribution in [2.45, 2.75) is 13.3 Å². The van der Waals surface area contributed by atoms with E-state index >= 15 is 0 Å². The van der Waals surface area contributed by atoms with E-state index in [4.69, 9.17) is 0 Å². The van der Waals surface area contributed by atoms with E-state index in [-0.39, 0.29) is 11.3 Å². The van der Waals surface area contributed by atoms with Crippen molar-refractivity contribution in [3.05, 3.63) is 11.8 Å². The van der Waals surface area contributed by atoms with Gasteiger partial charge in [0.25, 0.3) is 0 Å². The van der Waals surface area contributed by atoms with Crippen molar-refractivity contribution < 1.29 is 4.79 Å². The summed E-state index contributed by atoms with van der Waals surface area (Å²) in [5.41, 5.74) is 0.919. The van der Waals surface area contributed by atoms with Crippen LogP contribution in [0.5, 0.6) is 0 Å². The molecule has 1 N–H and O–H groups in total. The van der Waals surface area contributed by atoms with Crippen LogP contribution in [-0.2, 0) is 4.79 Å². The fourth-order valence-electron chi connectivity index (χ4n) is 2.02. The van der Waals surface area contributed by atoms with Crippen LogP contribution in [0.2, 0.25) is 0 Å². The molecule has 2 heterocycles. The molecule has 1 atom stereocenters. The molecule has 1 fully saturated rings. The second-order valence-electron chi connectivity index (χ2n) is 3.81. The van der Waals surface area contributed by atoms with Crippen molar-refractivity contribution in [2.75, 3.05) is 13.1 Å². The Bertz CT molecular complexity index is 300. The van der Waals surface area contributed by atoms with Gasteiger partial charge < -0.3 is 0 Å². The maximum absolute atomic E-state index is 11.9. The Kier molecular flexibility index (Phi) is 1.88. The van der Waals surface area contributed by atoms with E-state index < -0.39 is 0 Å². The van der Waals surface area contributed by atoms with Gasteiger partial charge in [0, 0.05) is 0 Å². The number of hydrogen-bond acceptors (Lipinski definition) is 2. The minimum atomic E-state index is -0.313. The third-order valence-electron chi connectivity index (χ3n) is 2.96. The number of amides is 1. The summed E-state index contributed by atoms with van der Waals surface area (Å²) in [5.74, 6) is 0.143. The molecule has 0 radical (unpaired) electrons. The zero-order valence-electron chi connectivity index (χ0n) is 7.84. The molecule has 0 aliphatic carbocycles. The van der Waals surface area contributed by atoms with E-state index in [1.54, 1.807) is 11.9 Å². The normalized spacial score (nSPS) is 32.5. The molecule has 2 rings (SSSR count). The van der Waals surface area contributed by atoms with Crippen LogP contribution in [0.1, 0.15) is 13.3 Å². The topological polar surface area (TPSA) is 32.3 Å². The Morgan fingerprint density at radius 1 is 1.77 bits per heavy atom. The molecule has 0 bridgehead atoms. The number of fused-ring (bicyclic) bond motifs is 1. The summed E-state index contributed by atoms with van der Waals surface area (Å²) < 4.78 is 0. The van der Waals surface area contributed by atoms with Crippen LogP contribution >= 0.6 is 0 Å². The van der Waals surface area contributed by atoms with Crippen LogP contribution in [-0.4, -0.2) is 37.3 Å². The number of piperidine rings is 1. The van der Waals surface area contributed by atoms with Crippen molar-refractivity contribution >= 4 is 19.4 Å². The van der Waals surface area contributed by atoms with Gasteiger partial charge in [-0.25, -0.2) is 0 Å². The van der Waals surface area contributed by atoms with Gasteiger partial charge >= 0.3 is 78.0 Å². The van der Waals surface area contributed by atoms with Gasteiger partial charge in [0.05, 0.1) is 0 Å². The van der Waals surface area contributed by atoms with Crippen LogP contribution in [0, 0.1) is 5.41 Å². The third-order valence-corrected chi connectivity index (χ3v) is 2.96. The number of carbonyl (C=O) groups excluding carboxylic acids is 1. The number of nitrogens with one attached hydrogen (secondary N) is 1. The fourth-order valence-corrected chi connectivity index (χ4v) is 2.02. The Labute approximate surface area is 78.7 Å². The Balaban J connectivity index is 2.36. The molecule has 1 amide bonds. The Hall–Kier alpha value is -0.895. The van der Waals surface area contributed by atoms with Gasteiger partial charge in [-0.2, -0.15) is 0 Å². The fraction of sp³-hybridized carbons (Fsp3) is 0.556. The first-order valence-corrected chi connectivity index (χ1v) is 4.56. The molecular formula is C9H13BN2O. The molecule has 0 aromatic rings. The van der Waals surface area contributed by atoms with Crippen LogP contribution in [0.4, 0.5) is 0 Å². The number of hydrogen-bond donors (Lipinski definition) is 1. The molecular weight excluding hydrogens is 163 g/mol. The summed E-state index contributed by atoms with van der Waals surface area (Å²) in [4.78, 5) is 13.5. The second-order valence-corrected chi connectivity index (χ2v) is 3.81. The Morgan fingerprint density at radius 3 is 3.15 bits per heavy atom. The molecule has 1 saturated heterocycles. The van der Waals surface area contributed by atoms with E-state index in [0.717, 1.165) is 19.5 Å². The van der Waals surface area contributed by atoms with Crippen LogP contribution < -0.4 is 5.32 Å². The van der Waals surface area contributed by atoms with E-state index in [0.29, 0.717) is 0 Å². The van der Waals surface area contributed by atoms with Crippen LogP contribution in [0.3, 0.4) is 0 Å². The molecule has 3 nitrogen and oxygen atoms in total. The quantitative estimate of drug-likeness (QED) is 0.559. The first-order chi connectivity index (χ1) is 6.18. The minimum absolute atomic E-state index is 0.143. The van der Waals surface area contributed by atoms with Crippen molar-refractivity contribution in [3.63, 3.8) is 0 Å². The summed E-state index contributed by atoms with van der Waals surface area (Å²) in [6.45, 7) is 7.34. The monoisotopic (exact) mass is 176 g/mol. The number of rotatable bonds is 1. The van der Waals surface area contributed by atoms with Gasteiger partial charge in [-0.3, -0.25) is 0 Å². The van der Waals surface area contributed by atoms with Gasteiger partial charge in [-0.15, -0.1) is 0 Å². The molecule has 2 aliphatic rings. The van der Waals surface area contributed by atoms with Crippen molar-refractivity contribution in [3.8, 4) is 0 Å². The van der Waals surface area contributed by atoms with Gasteiger partial charge in [0.15, 0.2) is 0 Å². The van der Waals surface area contributed by atoms with Crippen molar-refractivity contribution in [1.29, 1.82) is 0 Å². The SMILES string of the molecule is C=BN1C=C2CCNCC2(C)C1=O. The van der Waals surface area contributed by atoms with E-state index in [9.17, 15) is 4.79 Å². The predicted octanol–water partition coefficient (Wildman–Crippen LogP) is -0.237. The molecule has 13 heavy (non-hydrogen) atoms. The molecule has 0 saturated carbocycles. The summed E-state index contributed by atoms with van der Waals surface area (Å²) in [6.07, 6.45) is 2.89. The number of carbonyl (C=O) groups is 1. The van der Waals surface area contributed by atoms with Gasteiger partial charge in [0.2, 0.25) is 0 Å². The summed E-state index contributed by atoms with van der Waals surface area (Å²) in [5, 5.41) is 3.25. The Morgan fingerprint density at radius 2 is 2.54 bits per heavy atom. The van der Waals surface area contributed by atoms with Crippen molar-refractivity contribution in [1.82, 2.24) is 10.1 Å². The zero-order valence-corrected chi connectivity index (χ0v) is 7.84. The standard InChI is InChI=1S/C9H13BN2O/c1-9-6-11-4-3-7(9)5-12(10-2)8(9)13/h5,11H,2-4,6H2,1H3. The maximum atomic E-state index is 11.9. The van der Waals surface area contributed by atoms with Crippen molar-refractivity contribution in [2.24, 2.45) is 5.41 Å². The summed E-state index contributed by atoms with van der Waals surface area (Å²) in [7, 11) is 1.58. The second kappa shape index (κ2) is 2.81. The van der Waals surface area contributed by atoms with E-state index in [1.807, 2.05) is 13.1 Å². The van der Waals surface area contributed by atoms with Gasteiger partial charge in [-0.1, -0.05) is 0 Å². The first-order valence-electron chi connectivity index (χ1n) is 4.56. The third kappa shape index (κ3) is 1.09. The molecule has 0 spiro atoms. The average molecular weight is 176 g/mol. The zero-order chi connectivity index (χ0) is 9.47. The molecule has 1 unspecified atom stereocenters. The summed E-state index contributed by atoms with van der Waals surface area (Å²) >= 11 is 0. The van der Waals surface area contributed by atoms with E-state index in [1.165, 1.54) is 5.57 Å². The first kappa shape index (κ1) is 8.69. The van der Waals surface area contributed by atoms with E-state index in [2.05, 4.69) is 11.8 Å². The number of nitrogens with zero attached hydrogens (tertiary/aromatic N) is 1. The molecule has 68 valence electrons. The van der Waals surface area contributed by atoms with Gasteiger partial charge in [0.1, 0.15) is 0 Å². The average Bonchev–Trinajstić information content (AvgIpc) is 2.40. The summed E-state index contributed by atoms with van der Waals surface area (Å²) in [6, 6.07) is 0. The van der Waals surface area contributed by atoms with Crippen LogP contribution in [0.15, 0.2) is 11.8 Å². The molecule has 4 heteroatoms.